The summed E-state index contributed by atoms with van der Waals surface area (Å²) in [7, 11) is 0. The number of carbonyl (C=O) groups is 2. The summed E-state index contributed by atoms with van der Waals surface area (Å²) in [5, 5.41) is 10.2. The van der Waals surface area contributed by atoms with Crippen molar-refractivity contribution in [1.29, 1.82) is 0 Å². The molecule has 0 aromatic heterocycles. The summed E-state index contributed by atoms with van der Waals surface area (Å²) in [6.45, 7) is 2.56. The quantitative estimate of drug-likeness (QED) is 0.436. The first kappa shape index (κ1) is 25.0. The summed E-state index contributed by atoms with van der Waals surface area (Å²) >= 11 is 0. The van der Waals surface area contributed by atoms with E-state index in [0.29, 0.717) is 12.4 Å². The number of aryl methyl sites for hydroxylation is 1. The number of nitrogens with zero attached hydrogens (tertiary/aromatic N) is 1. The van der Waals surface area contributed by atoms with Crippen LogP contribution < -0.4 is 4.74 Å². The Bertz CT molecular complexity index is 1240. The van der Waals surface area contributed by atoms with E-state index in [2.05, 4.69) is 0 Å². The number of carboxylic acid groups (broad SMARTS) is 1. The second-order valence-electron chi connectivity index (χ2n) is 9.98. The van der Waals surface area contributed by atoms with Gasteiger partial charge in [-0.25, -0.2) is 4.79 Å². The minimum atomic E-state index is -1.03. The summed E-state index contributed by atoms with van der Waals surface area (Å²) in [5.74, 6) is -0.618. The predicted molar refractivity (Wildman–Crippen MR) is 140 cm³/mol. The lowest BCUT2D eigenvalue weighted by Gasteiger charge is -2.38. The predicted octanol–water partition coefficient (Wildman–Crippen LogP) is 5.61. The number of benzene rings is 3. The van der Waals surface area contributed by atoms with Crippen LogP contribution in [0, 0.1) is 6.92 Å². The number of carbonyl (C=O) groups excluding carboxylic acids is 1. The van der Waals surface area contributed by atoms with E-state index in [1.807, 2.05) is 79.7 Å². The van der Waals surface area contributed by atoms with Gasteiger partial charge in [0, 0.05) is 18.5 Å². The highest BCUT2D eigenvalue weighted by Gasteiger charge is 2.40. The monoisotopic (exact) mass is 499 g/mol. The molecule has 1 heterocycles. The van der Waals surface area contributed by atoms with Crippen LogP contribution in [0.4, 0.5) is 0 Å². The number of aliphatic carboxylic acids is 1. The van der Waals surface area contributed by atoms with E-state index in [0.717, 1.165) is 53.5 Å². The average molecular weight is 500 g/mol. The Hall–Kier alpha value is -3.64. The SMILES string of the molecule is Cc1ccc2c(c1OCc1ccccc1)C[C@@H](C(=O)O)N(C(=O)[C@H](OC1CCCC1)c1ccccc1)C2. The molecular formula is C31H33NO5. The highest BCUT2D eigenvalue weighted by atomic mass is 16.5. The number of rotatable bonds is 8. The molecule has 0 bridgehead atoms. The number of carboxylic acids is 1. The van der Waals surface area contributed by atoms with Gasteiger partial charge in [-0.15, -0.1) is 0 Å². The maximum Gasteiger partial charge on any atom is 0.326 e. The molecule has 1 aliphatic heterocycles. The third-order valence-corrected chi connectivity index (χ3v) is 7.42. The van der Waals surface area contributed by atoms with Gasteiger partial charge in [-0.1, -0.05) is 85.6 Å². The third-order valence-electron chi connectivity index (χ3n) is 7.42. The van der Waals surface area contributed by atoms with E-state index in [1.54, 1.807) is 0 Å². The zero-order chi connectivity index (χ0) is 25.8. The normalized spacial score (nSPS) is 18.3. The zero-order valence-corrected chi connectivity index (χ0v) is 21.1. The van der Waals surface area contributed by atoms with Crippen molar-refractivity contribution < 1.29 is 24.2 Å². The lowest BCUT2D eigenvalue weighted by molar-refractivity contribution is -0.160. The lowest BCUT2D eigenvalue weighted by atomic mass is 9.90. The van der Waals surface area contributed by atoms with Gasteiger partial charge in [0.25, 0.3) is 5.91 Å². The molecule has 6 heteroatoms. The number of hydrogen-bond acceptors (Lipinski definition) is 4. The van der Waals surface area contributed by atoms with Gasteiger partial charge in [-0.3, -0.25) is 4.79 Å². The molecule has 6 nitrogen and oxygen atoms in total. The first-order chi connectivity index (χ1) is 18.0. The molecule has 1 aliphatic carbocycles. The van der Waals surface area contributed by atoms with E-state index in [-0.39, 0.29) is 25.0 Å². The van der Waals surface area contributed by atoms with Crippen LogP contribution in [0.2, 0.25) is 0 Å². The van der Waals surface area contributed by atoms with Crippen molar-refractivity contribution >= 4 is 11.9 Å². The van der Waals surface area contributed by atoms with E-state index in [9.17, 15) is 14.7 Å². The molecular weight excluding hydrogens is 466 g/mol. The Morgan fingerprint density at radius 3 is 2.32 bits per heavy atom. The molecule has 3 aromatic carbocycles. The largest absolute Gasteiger partial charge is 0.488 e. The number of hydrogen-bond donors (Lipinski definition) is 1. The molecule has 1 amide bonds. The Morgan fingerprint density at radius 2 is 1.65 bits per heavy atom. The fraction of sp³-hybridized carbons (Fsp3) is 0.355. The van der Waals surface area contributed by atoms with Gasteiger partial charge in [0.05, 0.1) is 6.10 Å². The minimum Gasteiger partial charge on any atom is -0.488 e. The van der Waals surface area contributed by atoms with Crippen LogP contribution in [0.1, 0.15) is 59.6 Å². The van der Waals surface area contributed by atoms with Gasteiger partial charge in [-0.2, -0.15) is 0 Å². The van der Waals surface area contributed by atoms with Crippen LogP contribution in [0.15, 0.2) is 72.8 Å². The topological polar surface area (TPSA) is 76.1 Å². The second-order valence-corrected chi connectivity index (χ2v) is 9.98. The third kappa shape index (κ3) is 5.54. The molecule has 1 saturated carbocycles. The van der Waals surface area contributed by atoms with Crippen molar-refractivity contribution in [3.8, 4) is 5.75 Å². The Kier molecular flexibility index (Phi) is 7.56. The first-order valence-corrected chi connectivity index (χ1v) is 13.0. The van der Waals surface area contributed by atoms with Crippen LogP contribution >= 0.6 is 0 Å². The van der Waals surface area contributed by atoms with Crippen LogP contribution in [-0.4, -0.2) is 34.0 Å². The van der Waals surface area contributed by atoms with Crippen molar-refractivity contribution in [2.45, 2.75) is 70.4 Å². The van der Waals surface area contributed by atoms with E-state index < -0.39 is 18.1 Å². The van der Waals surface area contributed by atoms with Gasteiger partial charge in [0.1, 0.15) is 18.4 Å². The molecule has 192 valence electrons. The standard InChI is InChI=1S/C31H33NO5/c1-21-16-17-24-19-32(30(33)29(23-12-6-3-7-13-23)37-25-14-8-9-15-25)27(31(34)35)18-26(24)28(21)36-20-22-10-4-2-5-11-22/h2-7,10-13,16-17,25,27,29H,8-9,14-15,18-20H2,1H3,(H,34,35)/t27-,29+/m0/s1. The van der Waals surface area contributed by atoms with Gasteiger partial charge in [0.2, 0.25) is 0 Å². The van der Waals surface area contributed by atoms with Gasteiger partial charge >= 0.3 is 5.97 Å². The maximum atomic E-state index is 14.0. The van der Waals surface area contributed by atoms with Crippen LogP contribution in [-0.2, 0) is 33.9 Å². The van der Waals surface area contributed by atoms with Crippen molar-refractivity contribution in [2.24, 2.45) is 0 Å². The van der Waals surface area contributed by atoms with Crippen molar-refractivity contribution in [3.05, 3.63) is 101 Å². The zero-order valence-electron chi connectivity index (χ0n) is 21.1. The molecule has 5 rings (SSSR count). The molecule has 0 radical (unpaired) electrons. The summed E-state index contributed by atoms with van der Waals surface area (Å²) < 4.78 is 12.6. The molecule has 1 N–H and O–H groups in total. The molecule has 3 aromatic rings. The van der Waals surface area contributed by atoms with Crippen LogP contribution in [0.25, 0.3) is 0 Å². The average Bonchev–Trinajstić information content (AvgIpc) is 3.44. The minimum absolute atomic E-state index is 0.00940. The molecule has 37 heavy (non-hydrogen) atoms. The lowest BCUT2D eigenvalue weighted by Crippen LogP contribution is -2.50. The van der Waals surface area contributed by atoms with Gasteiger partial charge in [-0.05, 0) is 42.0 Å². The van der Waals surface area contributed by atoms with E-state index >= 15 is 0 Å². The fourth-order valence-corrected chi connectivity index (χ4v) is 5.41. The number of ether oxygens (including phenoxy) is 2. The van der Waals surface area contributed by atoms with Crippen LogP contribution in [0.5, 0.6) is 5.75 Å². The van der Waals surface area contributed by atoms with Crippen molar-refractivity contribution in [1.82, 2.24) is 4.90 Å². The molecule has 2 aliphatic rings. The Morgan fingerprint density at radius 1 is 0.973 bits per heavy atom. The highest BCUT2D eigenvalue weighted by Crippen LogP contribution is 2.37. The highest BCUT2D eigenvalue weighted by molar-refractivity contribution is 5.88. The fourth-order valence-electron chi connectivity index (χ4n) is 5.41. The summed E-state index contributed by atoms with van der Waals surface area (Å²) in [4.78, 5) is 27.9. The molecule has 0 saturated heterocycles. The summed E-state index contributed by atoms with van der Waals surface area (Å²) in [6.07, 6.45) is 3.38. The first-order valence-electron chi connectivity index (χ1n) is 13.0. The van der Waals surface area contributed by atoms with Crippen molar-refractivity contribution in [2.75, 3.05) is 0 Å². The number of fused-ring (bicyclic) bond motifs is 1. The Balaban J connectivity index is 1.44. The maximum absolute atomic E-state index is 14.0. The summed E-state index contributed by atoms with van der Waals surface area (Å²) in [5.41, 5.74) is 4.51. The van der Waals surface area contributed by atoms with Gasteiger partial charge < -0.3 is 19.5 Å². The van der Waals surface area contributed by atoms with E-state index in [4.69, 9.17) is 9.47 Å². The smallest absolute Gasteiger partial charge is 0.326 e. The molecule has 0 unspecified atom stereocenters. The van der Waals surface area contributed by atoms with E-state index in [1.165, 1.54) is 4.90 Å². The summed E-state index contributed by atoms with van der Waals surface area (Å²) in [6, 6.07) is 22.3. The van der Waals surface area contributed by atoms with Gasteiger partial charge in [0.15, 0.2) is 6.10 Å². The second kappa shape index (κ2) is 11.2. The van der Waals surface area contributed by atoms with Crippen LogP contribution in [0.3, 0.4) is 0 Å². The number of amides is 1. The molecule has 1 fully saturated rings. The Labute approximate surface area is 217 Å². The van der Waals surface area contributed by atoms with Crippen molar-refractivity contribution in [3.63, 3.8) is 0 Å². The molecule has 2 atom stereocenters. The molecule has 0 spiro atoms.